The number of rotatable bonds is 6. The van der Waals surface area contributed by atoms with Gasteiger partial charge in [0.15, 0.2) is 11.7 Å². The number of nitrogens with two attached hydrogens (primary N) is 3. The van der Waals surface area contributed by atoms with Gasteiger partial charge in [0.05, 0.1) is 12.1 Å². The Morgan fingerprint density at radius 2 is 2.07 bits per heavy atom. The van der Waals surface area contributed by atoms with E-state index in [-0.39, 0.29) is 11.7 Å². The van der Waals surface area contributed by atoms with Crippen molar-refractivity contribution in [2.45, 2.75) is 24.9 Å². The van der Waals surface area contributed by atoms with Gasteiger partial charge in [0.1, 0.15) is 0 Å². The van der Waals surface area contributed by atoms with Crippen molar-refractivity contribution in [2.24, 2.45) is 17.2 Å². The summed E-state index contributed by atoms with van der Waals surface area (Å²) < 4.78 is 0. The second kappa shape index (κ2) is 6.33. The Bertz CT molecular complexity index is 204. The van der Waals surface area contributed by atoms with Crippen LogP contribution in [-0.2, 0) is 4.79 Å². The maximum absolute atomic E-state index is 11.2. The van der Waals surface area contributed by atoms with Crippen LogP contribution in [0.3, 0.4) is 0 Å². The van der Waals surface area contributed by atoms with E-state index in [1.54, 1.807) is 0 Å². The average molecular weight is 200 g/mol. The second-order valence-corrected chi connectivity index (χ2v) is 3.10. The molecule has 2 atom stereocenters. The highest BCUT2D eigenvalue weighted by atomic mass is 16.1. The third-order valence-electron chi connectivity index (χ3n) is 1.74. The molecule has 0 aliphatic heterocycles. The summed E-state index contributed by atoms with van der Waals surface area (Å²) in [6.45, 7) is 3.92. The molecule has 0 spiro atoms. The first-order chi connectivity index (χ1) is 6.45. The van der Waals surface area contributed by atoms with Gasteiger partial charge in [-0.2, -0.15) is 0 Å². The standard InChI is InChI=1S/C8H18N5O/c1-5(9)7(14)6(10)3-2-4-13-8(11)12/h5-6H,1-4,9-10H2,(H4,11,12,13)/t5?,6-/m0/s1. The predicted molar refractivity (Wildman–Crippen MR) is 55.5 cm³/mol. The van der Waals surface area contributed by atoms with Crippen molar-refractivity contribution in [1.29, 1.82) is 5.41 Å². The minimum atomic E-state index is -0.759. The fraction of sp³-hybridized carbons (Fsp3) is 0.625. The van der Waals surface area contributed by atoms with E-state index >= 15 is 0 Å². The number of ketones is 1. The Morgan fingerprint density at radius 1 is 1.50 bits per heavy atom. The Hall–Kier alpha value is -1.14. The number of carbonyl (C=O) groups excluding carboxylic acids is 1. The zero-order chi connectivity index (χ0) is 11.1. The van der Waals surface area contributed by atoms with Crippen molar-refractivity contribution < 1.29 is 4.79 Å². The summed E-state index contributed by atoms with van der Waals surface area (Å²) in [7, 11) is 0. The van der Waals surface area contributed by atoms with Crippen molar-refractivity contribution in [3.05, 3.63) is 6.92 Å². The molecule has 0 rings (SSSR count). The molecule has 0 aliphatic carbocycles. The van der Waals surface area contributed by atoms with Crippen LogP contribution in [0.25, 0.3) is 0 Å². The van der Waals surface area contributed by atoms with Crippen LogP contribution in [0, 0.1) is 12.3 Å². The molecule has 81 valence electrons. The molecule has 0 aromatic heterocycles. The van der Waals surface area contributed by atoms with E-state index in [0.29, 0.717) is 19.4 Å². The van der Waals surface area contributed by atoms with Crippen LogP contribution in [-0.4, -0.2) is 30.4 Å². The van der Waals surface area contributed by atoms with Crippen LogP contribution < -0.4 is 22.5 Å². The summed E-state index contributed by atoms with van der Waals surface area (Å²) in [5.74, 6) is -0.327. The Balaban J connectivity index is 3.59. The maximum atomic E-state index is 11.2. The van der Waals surface area contributed by atoms with Gasteiger partial charge in [-0.15, -0.1) is 0 Å². The lowest BCUT2D eigenvalue weighted by Crippen LogP contribution is -2.42. The Kier molecular flexibility index (Phi) is 5.82. The summed E-state index contributed by atoms with van der Waals surface area (Å²) >= 11 is 0. The van der Waals surface area contributed by atoms with Crippen molar-refractivity contribution in [3.8, 4) is 0 Å². The van der Waals surface area contributed by atoms with E-state index in [1.165, 1.54) is 0 Å². The maximum Gasteiger partial charge on any atom is 0.185 e. The zero-order valence-electron chi connectivity index (χ0n) is 8.12. The summed E-state index contributed by atoms with van der Waals surface area (Å²) in [5, 5.41) is 9.49. The van der Waals surface area contributed by atoms with Crippen molar-refractivity contribution in [2.75, 3.05) is 6.54 Å². The molecule has 8 N–H and O–H groups in total. The van der Waals surface area contributed by atoms with Crippen molar-refractivity contribution in [1.82, 2.24) is 5.32 Å². The van der Waals surface area contributed by atoms with E-state index in [4.69, 9.17) is 22.6 Å². The molecule has 0 amide bonds. The summed E-state index contributed by atoms with van der Waals surface area (Å²) in [6, 6.07) is -1.33. The van der Waals surface area contributed by atoms with Crippen molar-refractivity contribution >= 4 is 11.7 Å². The summed E-state index contributed by atoms with van der Waals surface area (Å²) in [4.78, 5) is 11.2. The van der Waals surface area contributed by atoms with Crippen LogP contribution in [0.4, 0.5) is 0 Å². The normalized spacial score (nSPS) is 14.5. The number of carbonyl (C=O) groups is 1. The largest absolute Gasteiger partial charge is 0.370 e. The Morgan fingerprint density at radius 3 is 2.50 bits per heavy atom. The minimum Gasteiger partial charge on any atom is -0.370 e. The highest BCUT2D eigenvalue weighted by molar-refractivity contribution is 5.89. The van der Waals surface area contributed by atoms with Gasteiger partial charge in [-0.3, -0.25) is 10.2 Å². The van der Waals surface area contributed by atoms with Crippen LogP contribution in [0.15, 0.2) is 0 Å². The zero-order valence-corrected chi connectivity index (χ0v) is 8.12. The highest BCUT2D eigenvalue weighted by Crippen LogP contribution is 1.96. The molecule has 6 nitrogen and oxygen atoms in total. The molecule has 0 saturated carbocycles. The first-order valence-electron chi connectivity index (χ1n) is 4.41. The molecule has 0 fully saturated rings. The first kappa shape index (κ1) is 12.9. The third-order valence-corrected chi connectivity index (χ3v) is 1.74. The fourth-order valence-corrected chi connectivity index (χ4v) is 0.962. The summed E-state index contributed by atoms with van der Waals surface area (Å²) in [5.41, 5.74) is 15.9. The number of hydrogen-bond acceptors (Lipinski definition) is 4. The van der Waals surface area contributed by atoms with E-state index in [1.807, 2.05) is 0 Å². The van der Waals surface area contributed by atoms with Crippen LogP contribution in [0.1, 0.15) is 12.8 Å². The van der Waals surface area contributed by atoms with Gasteiger partial charge in [0.25, 0.3) is 0 Å². The topological polar surface area (TPSA) is 131 Å². The van der Waals surface area contributed by atoms with Crippen LogP contribution in [0.2, 0.25) is 0 Å². The number of guanidine groups is 1. The molecule has 0 bridgehead atoms. The van der Waals surface area contributed by atoms with E-state index < -0.39 is 12.1 Å². The molecule has 14 heavy (non-hydrogen) atoms. The van der Waals surface area contributed by atoms with Crippen LogP contribution >= 0.6 is 0 Å². The molecule has 1 radical (unpaired) electrons. The van der Waals surface area contributed by atoms with E-state index in [9.17, 15) is 4.79 Å². The minimum absolute atomic E-state index is 0.0845. The average Bonchev–Trinajstić information content (AvgIpc) is 2.10. The van der Waals surface area contributed by atoms with Gasteiger partial charge >= 0.3 is 0 Å². The quantitative estimate of drug-likeness (QED) is 0.198. The van der Waals surface area contributed by atoms with Crippen molar-refractivity contribution in [3.63, 3.8) is 0 Å². The first-order valence-corrected chi connectivity index (χ1v) is 4.41. The van der Waals surface area contributed by atoms with Gasteiger partial charge in [0, 0.05) is 6.54 Å². The molecule has 0 saturated heterocycles. The summed E-state index contributed by atoms with van der Waals surface area (Å²) in [6.07, 6.45) is 1.18. The number of nitrogens with one attached hydrogen (secondary N) is 2. The lowest BCUT2D eigenvalue weighted by Gasteiger charge is -2.12. The molecule has 0 aromatic carbocycles. The molecule has 1 unspecified atom stereocenters. The fourth-order valence-electron chi connectivity index (χ4n) is 0.962. The van der Waals surface area contributed by atoms with Gasteiger partial charge in [-0.1, -0.05) is 0 Å². The molecular formula is C8H18N5O. The van der Waals surface area contributed by atoms with Gasteiger partial charge in [-0.05, 0) is 19.8 Å². The SMILES string of the molecule is [CH2]C(N)C(=O)[C@@H](N)CCCNC(=N)N. The molecule has 0 aromatic rings. The predicted octanol–water partition coefficient (Wildman–Crippen LogP) is -1.69. The number of hydrogen-bond donors (Lipinski definition) is 5. The highest BCUT2D eigenvalue weighted by Gasteiger charge is 2.16. The molecular weight excluding hydrogens is 182 g/mol. The lowest BCUT2D eigenvalue weighted by atomic mass is 10.0. The van der Waals surface area contributed by atoms with E-state index in [0.717, 1.165) is 0 Å². The smallest absolute Gasteiger partial charge is 0.185 e. The lowest BCUT2D eigenvalue weighted by molar-refractivity contribution is -0.120. The van der Waals surface area contributed by atoms with Gasteiger partial charge < -0.3 is 22.5 Å². The molecule has 0 aliphatic rings. The van der Waals surface area contributed by atoms with E-state index in [2.05, 4.69) is 12.2 Å². The third kappa shape index (κ3) is 5.50. The Labute approximate surface area is 83.7 Å². The number of Topliss-reactive ketones (excluding diaryl/α,β-unsaturated/α-hetero) is 1. The van der Waals surface area contributed by atoms with Gasteiger partial charge in [-0.25, -0.2) is 0 Å². The second-order valence-electron chi connectivity index (χ2n) is 3.10. The molecule has 0 heterocycles. The van der Waals surface area contributed by atoms with Crippen LogP contribution in [0.5, 0.6) is 0 Å². The monoisotopic (exact) mass is 200 g/mol. The van der Waals surface area contributed by atoms with Gasteiger partial charge in [0.2, 0.25) is 0 Å². The molecule has 6 heteroatoms.